The number of carboxylic acid groups (broad SMARTS) is 1. The summed E-state index contributed by atoms with van der Waals surface area (Å²) in [6, 6.07) is 17.1. The standard InChI is InChI=1S/C22H22N2O4/c25-22(26)20-10-5-11-24(20)13-16-6-4-9-19(12-16)27-14-18-15-28-21(23-18)17-7-2-1-3-8-17/h1-4,6-9,12,15,20H,5,10-11,13-14H2,(H,25,26). The molecule has 0 radical (unpaired) electrons. The Balaban J connectivity index is 1.38. The fourth-order valence-electron chi connectivity index (χ4n) is 3.51. The van der Waals surface area contributed by atoms with Crippen molar-refractivity contribution in [2.24, 2.45) is 0 Å². The van der Waals surface area contributed by atoms with Gasteiger partial charge in [-0.15, -0.1) is 0 Å². The Bertz CT molecular complexity index is 938. The summed E-state index contributed by atoms with van der Waals surface area (Å²) in [7, 11) is 0. The molecule has 1 aliphatic heterocycles. The molecule has 28 heavy (non-hydrogen) atoms. The molecule has 0 amide bonds. The summed E-state index contributed by atoms with van der Waals surface area (Å²) in [6.45, 7) is 1.72. The number of aromatic nitrogens is 1. The normalized spacial score (nSPS) is 16.9. The molecular weight excluding hydrogens is 356 g/mol. The summed E-state index contributed by atoms with van der Waals surface area (Å²) in [6.07, 6.45) is 3.23. The third kappa shape index (κ3) is 4.23. The molecule has 1 unspecified atom stereocenters. The van der Waals surface area contributed by atoms with Crippen LogP contribution in [0, 0.1) is 0 Å². The zero-order chi connectivity index (χ0) is 19.3. The zero-order valence-corrected chi connectivity index (χ0v) is 15.5. The van der Waals surface area contributed by atoms with Crippen LogP contribution in [0.5, 0.6) is 5.75 Å². The summed E-state index contributed by atoms with van der Waals surface area (Å²) < 4.78 is 11.4. The van der Waals surface area contributed by atoms with Crippen molar-refractivity contribution in [1.29, 1.82) is 0 Å². The van der Waals surface area contributed by atoms with Crippen LogP contribution < -0.4 is 4.74 Å². The van der Waals surface area contributed by atoms with Crippen molar-refractivity contribution in [3.8, 4) is 17.2 Å². The molecule has 0 aliphatic carbocycles. The quantitative estimate of drug-likeness (QED) is 0.670. The van der Waals surface area contributed by atoms with Gasteiger partial charge in [-0.25, -0.2) is 4.98 Å². The van der Waals surface area contributed by atoms with Crippen LogP contribution in [0.3, 0.4) is 0 Å². The minimum atomic E-state index is -0.745. The highest BCUT2D eigenvalue weighted by molar-refractivity contribution is 5.73. The van der Waals surface area contributed by atoms with E-state index in [1.54, 1.807) is 6.26 Å². The minimum absolute atomic E-state index is 0.307. The van der Waals surface area contributed by atoms with Gasteiger partial charge in [-0.1, -0.05) is 30.3 Å². The summed E-state index contributed by atoms with van der Waals surface area (Å²) in [4.78, 5) is 17.8. The van der Waals surface area contributed by atoms with Crippen LogP contribution in [0.25, 0.3) is 11.5 Å². The number of ether oxygens (including phenoxy) is 1. The van der Waals surface area contributed by atoms with Gasteiger partial charge in [-0.3, -0.25) is 9.69 Å². The lowest BCUT2D eigenvalue weighted by atomic mass is 10.1. The van der Waals surface area contributed by atoms with E-state index in [-0.39, 0.29) is 0 Å². The van der Waals surface area contributed by atoms with Crippen LogP contribution >= 0.6 is 0 Å². The second-order valence-corrected chi connectivity index (χ2v) is 6.91. The molecule has 2 heterocycles. The monoisotopic (exact) mass is 378 g/mol. The first kappa shape index (κ1) is 18.3. The van der Waals surface area contributed by atoms with E-state index in [0.717, 1.165) is 35.5 Å². The molecule has 0 saturated carbocycles. The van der Waals surface area contributed by atoms with Gasteiger partial charge < -0.3 is 14.3 Å². The second-order valence-electron chi connectivity index (χ2n) is 6.91. The Hall–Kier alpha value is -3.12. The lowest BCUT2D eigenvalue weighted by molar-refractivity contribution is -0.142. The number of nitrogens with zero attached hydrogens (tertiary/aromatic N) is 2. The number of aliphatic carboxylic acids is 1. The number of hydrogen-bond donors (Lipinski definition) is 1. The van der Waals surface area contributed by atoms with E-state index < -0.39 is 12.0 Å². The molecule has 2 aromatic carbocycles. The summed E-state index contributed by atoms with van der Waals surface area (Å²) in [5, 5.41) is 9.33. The Labute approximate surface area is 163 Å². The van der Waals surface area contributed by atoms with Crippen molar-refractivity contribution in [3.05, 3.63) is 72.1 Å². The Morgan fingerprint density at radius 1 is 1.21 bits per heavy atom. The van der Waals surface area contributed by atoms with E-state index in [4.69, 9.17) is 9.15 Å². The average Bonchev–Trinajstić information content (AvgIpc) is 3.37. The number of hydrogen-bond acceptors (Lipinski definition) is 5. The van der Waals surface area contributed by atoms with Crippen molar-refractivity contribution in [2.45, 2.75) is 32.0 Å². The van der Waals surface area contributed by atoms with Gasteiger partial charge in [-0.05, 0) is 49.2 Å². The SMILES string of the molecule is O=C(O)C1CCCN1Cc1cccc(OCc2coc(-c3ccccc3)n2)c1. The maximum absolute atomic E-state index is 11.4. The Kier molecular flexibility index (Phi) is 5.39. The second kappa shape index (κ2) is 8.27. The third-order valence-corrected chi connectivity index (χ3v) is 4.89. The molecule has 1 aliphatic rings. The highest BCUT2D eigenvalue weighted by Gasteiger charge is 2.30. The van der Waals surface area contributed by atoms with Gasteiger partial charge in [0.2, 0.25) is 5.89 Å². The lowest BCUT2D eigenvalue weighted by Crippen LogP contribution is -2.35. The smallest absolute Gasteiger partial charge is 0.320 e. The molecular formula is C22H22N2O4. The largest absolute Gasteiger partial charge is 0.487 e. The fraction of sp³-hybridized carbons (Fsp3) is 0.273. The third-order valence-electron chi connectivity index (χ3n) is 4.89. The molecule has 144 valence electrons. The molecule has 1 aromatic heterocycles. The van der Waals surface area contributed by atoms with E-state index in [9.17, 15) is 9.90 Å². The first-order valence-electron chi connectivity index (χ1n) is 9.37. The molecule has 3 aromatic rings. The van der Waals surface area contributed by atoms with E-state index in [1.165, 1.54) is 0 Å². The molecule has 0 spiro atoms. The molecule has 4 rings (SSSR count). The van der Waals surface area contributed by atoms with Crippen LogP contribution in [0.15, 0.2) is 65.3 Å². The van der Waals surface area contributed by atoms with Gasteiger partial charge >= 0.3 is 5.97 Å². The van der Waals surface area contributed by atoms with Crippen LogP contribution in [0.1, 0.15) is 24.1 Å². The average molecular weight is 378 g/mol. The highest BCUT2D eigenvalue weighted by Crippen LogP contribution is 2.23. The van der Waals surface area contributed by atoms with E-state index in [0.29, 0.717) is 25.5 Å². The van der Waals surface area contributed by atoms with E-state index >= 15 is 0 Å². The summed E-state index contributed by atoms with van der Waals surface area (Å²) >= 11 is 0. The topological polar surface area (TPSA) is 75.8 Å². The van der Waals surface area contributed by atoms with Crippen molar-refractivity contribution in [2.75, 3.05) is 6.54 Å². The first-order valence-corrected chi connectivity index (χ1v) is 9.37. The van der Waals surface area contributed by atoms with Crippen LogP contribution in [-0.4, -0.2) is 33.5 Å². The number of rotatable bonds is 7. The van der Waals surface area contributed by atoms with Gasteiger partial charge in [-0.2, -0.15) is 0 Å². The predicted octanol–water partition coefficient (Wildman–Crippen LogP) is 3.97. The van der Waals surface area contributed by atoms with Gasteiger partial charge in [0.05, 0.1) is 0 Å². The molecule has 6 nitrogen and oxygen atoms in total. The van der Waals surface area contributed by atoms with Crippen molar-refractivity contribution in [1.82, 2.24) is 9.88 Å². The summed E-state index contributed by atoms with van der Waals surface area (Å²) in [5.41, 5.74) is 2.68. The fourth-order valence-corrected chi connectivity index (χ4v) is 3.51. The molecule has 0 bridgehead atoms. The molecule has 1 N–H and O–H groups in total. The number of oxazole rings is 1. The number of carbonyl (C=O) groups is 1. The molecule has 1 atom stereocenters. The maximum Gasteiger partial charge on any atom is 0.320 e. The Morgan fingerprint density at radius 2 is 2.07 bits per heavy atom. The van der Waals surface area contributed by atoms with Gasteiger partial charge in [0.15, 0.2) is 0 Å². The minimum Gasteiger partial charge on any atom is -0.487 e. The lowest BCUT2D eigenvalue weighted by Gasteiger charge is -2.21. The summed E-state index contributed by atoms with van der Waals surface area (Å²) in [5.74, 6) is 0.555. The maximum atomic E-state index is 11.4. The van der Waals surface area contributed by atoms with Crippen LogP contribution in [-0.2, 0) is 17.9 Å². The van der Waals surface area contributed by atoms with Gasteiger partial charge in [0.1, 0.15) is 30.4 Å². The van der Waals surface area contributed by atoms with Crippen LogP contribution in [0.4, 0.5) is 0 Å². The van der Waals surface area contributed by atoms with E-state index in [1.807, 2.05) is 59.5 Å². The van der Waals surface area contributed by atoms with Gasteiger partial charge in [0.25, 0.3) is 0 Å². The highest BCUT2D eigenvalue weighted by atomic mass is 16.5. The number of likely N-dealkylation sites (tertiary alicyclic amines) is 1. The predicted molar refractivity (Wildman–Crippen MR) is 104 cm³/mol. The number of carboxylic acids is 1. The molecule has 1 saturated heterocycles. The number of benzene rings is 2. The molecule has 6 heteroatoms. The van der Waals surface area contributed by atoms with Crippen molar-refractivity contribution >= 4 is 5.97 Å². The Morgan fingerprint density at radius 3 is 2.89 bits per heavy atom. The zero-order valence-electron chi connectivity index (χ0n) is 15.5. The van der Waals surface area contributed by atoms with Crippen molar-refractivity contribution < 1.29 is 19.1 Å². The van der Waals surface area contributed by atoms with Gasteiger partial charge in [0, 0.05) is 12.1 Å². The van der Waals surface area contributed by atoms with Crippen molar-refractivity contribution in [3.63, 3.8) is 0 Å². The van der Waals surface area contributed by atoms with Crippen LogP contribution in [0.2, 0.25) is 0 Å². The first-order chi connectivity index (χ1) is 13.7. The molecule has 1 fully saturated rings. The van der Waals surface area contributed by atoms with E-state index in [2.05, 4.69) is 4.98 Å².